The van der Waals surface area contributed by atoms with Crippen LogP contribution in [0.3, 0.4) is 0 Å². The van der Waals surface area contributed by atoms with Gasteiger partial charge < -0.3 is 15.5 Å². The highest BCUT2D eigenvalue weighted by Gasteiger charge is 2.23. The Bertz CT molecular complexity index is 313. The van der Waals surface area contributed by atoms with Crippen molar-refractivity contribution >= 4 is 11.7 Å². The van der Waals surface area contributed by atoms with Crippen LogP contribution in [0.25, 0.3) is 0 Å². The van der Waals surface area contributed by atoms with Crippen molar-refractivity contribution in [3.63, 3.8) is 0 Å². The average molecular weight is 209 g/mol. The number of aliphatic hydroxyl groups excluding tert-OH is 1. The first-order valence-electron chi connectivity index (χ1n) is 4.80. The molecule has 0 aliphatic carbocycles. The first-order chi connectivity index (χ1) is 7.15. The zero-order chi connectivity index (χ0) is 11.3. The van der Waals surface area contributed by atoms with Gasteiger partial charge in [0.2, 0.25) is 0 Å². The van der Waals surface area contributed by atoms with Gasteiger partial charge in [-0.15, -0.1) is 0 Å². The maximum Gasteiger partial charge on any atom is 0.326 e. The highest BCUT2D eigenvalue weighted by molar-refractivity contribution is 5.77. The lowest BCUT2D eigenvalue weighted by atomic mass is 10.0. The van der Waals surface area contributed by atoms with Crippen molar-refractivity contribution < 1.29 is 15.0 Å². The van der Waals surface area contributed by atoms with Crippen LogP contribution < -0.4 is 5.32 Å². The summed E-state index contributed by atoms with van der Waals surface area (Å²) >= 11 is 0. The Hall–Kier alpha value is -1.55. The second kappa shape index (κ2) is 5.36. The first kappa shape index (κ1) is 11.5. The Balaban J connectivity index is 2.71. The van der Waals surface area contributed by atoms with Crippen LogP contribution in [-0.4, -0.2) is 28.8 Å². The molecule has 0 heterocycles. The number of hydrogen-bond donors (Lipinski definition) is 3. The van der Waals surface area contributed by atoms with E-state index >= 15 is 0 Å². The van der Waals surface area contributed by atoms with Crippen molar-refractivity contribution in [2.75, 3.05) is 11.9 Å². The third-order valence-corrected chi connectivity index (χ3v) is 2.22. The van der Waals surface area contributed by atoms with Gasteiger partial charge >= 0.3 is 5.97 Å². The fourth-order valence-electron chi connectivity index (χ4n) is 1.27. The van der Waals surface area contributed by atoms with E-state index in [2.05, 4.69) is 5.32 Å². The summed E-state index contributed by atoms with van der Waals surface area (Å²) in [7, 11) is 0. The molecule has 0 aromatic heterocycles. The number of rotatable bonds is 5. The van der Waals surface area contributed by atoms with Crippen LogP contribution in [0.1, 0.15) is 6.92 Å². The molecule has 0 saturated heterocycles. The van der Waals surface area contributed by atoms with Crippen molar-refractivity contribution in [1.82, 2.24) is 0 Å². The van der Waals surface area contributed by atoms with Gasteiger partial charge in [0.1, 0.15) is 6.04 Å². The van der Waals surface area contributed by atoms with Crippen LogP contribution in [0, 0.1) is 5.92 Å². The summed E-state index contributed by atoms with van der Waals surface area (Å²) in [5, 5.41) is 20.8. The third-order valence-electron chi connectivity index (χ3n) is 2.22. The van der Waals surface area contributed by atoms with E-state index in [1.54, 1.807) is 19.1 Å². The number of benzene rings is 1. The van der Waals surface area contributed by atoms with Gasteiger partial charge in [-0.2, -0.15) is 0 Å². The lowest BCUT2D eigenvalue weighted by Crippen LogP contribution is -2.37. The normalized spacial score (nSPS) is 14.3. The molecular weight excluding hydrogens is 194 g/mol. The largest absolute Gasteiger partial charge is 0.480 e. The molecule has 0 aliphatic heterocycles. The van der Waals surface area contributed by atoms with Crippen LogP contribution in [0.5, 0.6) is 0 Å². The number of carboxylic acids is 1. The molecule has 0 saturated carbocycles. The van der Waals surface area contributed by atoms with Crippen molar-refractivity contribution in [2.45, 2.75) is 13.0 Å². The van der Waals surface area contributed by atoms with E-state index in [0.717, 1.165) is 5.69 Å². The van der Waals surface area contributed by atoms with E-state index in [4.69, 9.17) is 10.2 Å². The predicted octanol–water partition coefficient (Wildman–Crippen LogP) is 1.18. The zero-order valence-corrected chi connectivity index (χ0v) is 8.55. The number of hydrogen-bond acceptors (Lipinski definition) is 3. The zero-order valence-electron chi connectivity index (χ0n) is 8.55. The van der Waals surface area contributed by atoms with E-state index in [-0.39, 0.29) is 12.5 Å². The van der Waals surface area contributed by atoms with Gasteiger partial charge in [0.25, 0.3) is 0 Å². The number of para-hydroxylation sites is 1. The van der Waals surface area contributed by atoms with Gasteiger partial charge in [0.15, 0.2) is 0 Å². The third kappa shape index (κ3) is 3.25. The minimum Gasteiger partial charge on any atom is -0.480 e. The molecule has 2 atom stereocenters. The highest BCUT2D eigenvalue weighted by atomic mass is 16.4. The lowest BCUT2D eigenvalue weighted by Gasteiger charge is -2.20. The Labute approximate surface area is 88.6 Å². The van der Waals surface area contributed by atoms with E-state index in [9.17, 15) is 4.79 Å². The molecule has 0 radical (unpaired) electrons. The van der Waals surface area contributed by atoms with Crippen molar-refractivity contribution in [3.8, 4) is 0 Å². The standard InChI is InChI=1S/C11H15NO3/c1-8(7-13)10(11(14)15)12-9-5-3-2-4-6-9/h2-6,8,10,12-13H,7H2,1H3,(H,14,15). The molecular formula is C11H15NO3. The Morgan fingerprint density at radius 2 is 2.00 bits per heavy atom. The average Bonchev–Trinajstić information content (AvgIpc) is 2.26. The number of anilines is 1. The topological polar surface area (TPSA) is 69.6 Å². The van der Waals surface area contributed by atoms with Crippen molar-refractivity contribution in [1.29, 1.82) is 0 Å². The minimum atomic E-state index is -0.958. The summed E-state index contributed by atoms with van der Waals surface area (Å²) in [5.74, 6) is -1.29. The van der Waals surface area contributed by atoms with Crippen LogP contribution in [0.2, 0.25) is 0 Å². The molecule has 0 aliphatic rings. The molecule has 82 valence electrons. The summed E-state index contributed by atoms with van der Waals surface area (Å²) in [6.07, 6.45) is 0. The summed E-state index contributed by atoms with van der Waals surface area (Å²) in [4.78, 5) is 10.9. The number of aliphatic carboxylic acids is 1. The number of carbonyl (C=O) groups is 1. The van der Waals surface area contributed by atoms with Crippen molar-refractivity contribution in [2.24, 2.45) is 5.92 Å². The quantitative estimate of drug-likeness (QED) is 0.681. The molecule has 1 aromatic carbocycles. The Morgan fingerprint density at radius 3 is 2.47 bits per heavy atom. The molecule has 0 bridgehead atoms. The molecule has 0 fully saturated rings. The number of carboxylic acid groups (broad SMARTS) is 1. The molecule has 0 spiro atoms. The van der Waals surface area contributed by atoms with E-state index < -0.39 is 12.0 Å². The SMILES string of the molecule is CC(CO)C(Nc1ccccc1)C(=O)O. The minimum absolute atomic E-state index is 0.156. The van der Waals surface area contributed by atoms with Crippen LogP contribution in [-0.2, 0) is 4.79 Å². The Morgan fingerprint density at radius 1 is 1.40 bits per heavy atom. The molecule has 4 heteroatoms. The van der Waals surface area contributed by atoms with Crippen LogP contribution in [0.15, 0.2) is 30.3 Å². The van der Waals surface area contributed by atoms with E-state index in [0.29, 0.717) is 0 Å². The number of aliphatic hydroxyl groups is 1. The molecule has 2 unspecified atom stereocenters. The second-order valence-electron chi connectivity index (χ2n) is 3.49. The van der Waals surface area contributed by atoms with E-state index in [1.807, 2.05) is 18.2 Å². The van der Waals surface area contributed by atoms with E-state index in [1.165, 1.54) is 0 Å². The smallest absolute Gasteiger partial charge is 0.326 e. The maximum absolute atomic E-state index is 10.9. The van der Waals surface area contributed by atoms with Crippen molar-refractivity contribution in [3.05, 3.63) is 30.3 Å². The molecule has 0 amide bonds. The number of nitrogens with one attached hydrogen (secondary N) is 1. The van der Waals surface area contributed by atoms with Gasteiger partial charge in [-0.1, -0.05) is 25.1 Å². The van der Waals surface area contributed by atoms with Gasteiger partial charge in [-0.25, -0.2) is 4.79 Å². The molecule has 15 heavy (non-hydrogen) atoms. The van der Waals surface area contributed by atoms with Gasteiger partial charge in [-0.3, -0.25) is 0 Å². The highest BCUT2D eigenvalue weighted by Crippen LogP contribution is 2.12. The fourth-order valence-corrected chi connectivity index (χ4v) is 1.27. The van der Waals surface area contributed by atoms with Gasteiger partial charge in [0, 0.05) is 18.2 Å². The molecule has 4 nitrogen and oxygen atoms in total. The molecule has 1 rings (SSSR count). The van der Waals surface area contributed by atoms with Gasteiger partial charge in [0.05, 0.1) is 0 Å². The monoisotopic (exact) mass is 209 g/mol. The van der Waals surface area contributed by atoms with Crippen LogP contribution >= 0.6 is 0 Å². The predicted molar refractivity (Wildman–Crippen MR) is 57.7 cm³/mol. The summed E-state index contributed by atoms with van der Waals surface area (Å²) in [6, 6.07) is 8.32. The molecule has 3 N–H and O–H groups in total. The van der Waals surface area contributed by atoms with Crippen LogP contribution in [0.4, 0.5) is 5.69 Å². The second-order valence-corrected chi connectivity index (χ2v) is 3.49. The maximum atomic E-state index is 10.9. The molecule has 1 aromatic rings. The summed E-state index contributed by atoms with van der Waals surface area (Å²) < 4.78 is 0. The summed E-state index contributed by atoms with van der Waals surface area (Å²) in [6.45, 7) is 1.53. The first-order valence-corrected chi connectivity index (χ1v) is 4.80. The Kier molecular flexibility index (Phi) is 4.12. The lowest BCUT2D eigenvalue weighted by molar-refractivity contribution is -0.139. The van der Waals surface area contributed by atoms with Gasteiger partial charge in [-0.05, 0) is 12.1 Å². The fraction of sp³-hybridized carbons (Fsp3) is 0.364. The summed E-state index contributed by atoms with van der Waals surface area (Å²) in [5.41, 5.74) is 0.741.